The van der Waals surface area contributed by atoms with E-state index in [-0.39, 0.29) is 27.8 Å². The Morgan fingerprint density at radius 1 is 1.16 bits per heavy atom. The number of halogens is 1. The lowest BCUT2D eigenvalue weighted by molar-refractivity contribution is 0.0707. The van der Waals surface area contributed by atoms with Crippen molar-refractivity contribution in [2.45, 2.75) is 42.5 Å². The summed E-state index contributed by atoms with van der Waals surface area (Å²) in [4.78, 5) is 19.8. The first kappa shape index (κ1) is 20.9. The fourth-order valence-corrected chi connectivity index (χ4v) is 6.86. The molecule has 5 rings (SSSR count). The van der Waals surface area contributed by atoms with Gasteiger partial charge in [-0.1, -0.05) is 23.7 Å². The van der Waals surface area contributed by atoms with Crippen molar-refractivity contribution < 1.29 is 13.2 Å². The third-order valence-electron chi connectivity index (χ3n) is 5.74. The quantitative estimate of drug-likeness (QED) is 0.592. The molecule has 1 aromatic heterocycles. The number of aromatic nitrogens is 1. The fraction of sp³-hybridized carbons (Fsp3) is 0.364. The van der Waals surface area contributed by atoms with Crippen LogP contribution in [0.2, 0.25) is 5.02 Å². The van der Waals surface area contributed by atoms with E-state index >= 15 is 0 Å². The van der Waals surface area contributed by atoms with Crippen molar-refractivity contribution in [1.29, 1.82) is 0 Å². The average Bonchev–Trinajstić information content (AvgIpc) is 3.46. The Labute approximate surface area is 190 Å². The van der Waals surface area contributed by atoms with Gasteiger partial charge < -0.3 is 4.90 Å². The molecule has 3 aromatic rings. The Hall–Kier alpha value is -2.00. The van der Waals surface area contributed by atoms with Gasteiger partial charge in [-0.05, 0) is 56.0 Å². The number of amides is 1. The Bertz CT molecular complexity index is 1220. The van der Waals surface area contributed by atoms with Crippen LogP contribution in [0.25, 0.3) is 10.2 Å². The van der Waals surface area contributed by atoms with E-state index in [1.54, 1.807) is 22.3 Å². The first-order chi connectivity index (χ1) is 14.9. The maximum Gasteiger partial charge on any atom is 0.253 e. The molecule has 1 atom stereocenters. The molecule has 1 aliphatic heterocycles. The van der Waals surface area contributed by atoms with Crippen LogP contribution in [0.15, 0.2) is 47.4 Å². The topological polar surface area (TPSA) is 79.4 Å². The highest BCUT2D eigenvalue weighted by molar-refractivity contribution is 7.89. The Morgan fingerprint density at radius 2 is 1.97 bits per heavy atom. The van der Waals surface area contributed by atoms with E-state index in [4.69, 9.17) is 16.6 Å². The summed E-state index contributed by atoms with van der Waals surface area (Å²) < 4.78 is 29.1. The van der Waals surface area contributed by atoms with E-state index in [0.29, 0.717) is 18.7 Å². The largest absolute Gasteiger partial charge is 0.338 e. The number of thiazole rings is 1. The lowest BCUT2D eigenvalue weighted by Gasteiger charge is -2.32. The molecule has 0 spiro atoms. The number of rotatable bonds is 5. The Balaban J connectivity index is 1.37. The minimum absolute atomic E-state index is 0.0305. The normalized spacial score (nSPS) is 19.6. The number of sulfonamides is 1. The van der Waals surface area contributed by atoms with Crippen LogP contribution in [-0.4, -0.2) is 43.3 Å². The molecule has 1 aliphatic carbocycles. The summed E-state index contributed by atoms with van der Waals surface area (Å²) in [6, 6.07) is 12.5. The van der Waals surface area contributed by atoms with Crippen molar-refractivity contribution in [1.82, 2.24) is 14.6 Å². The van der Waals surface area contributed by atoms with E-state index in [9.17, 15) is 13.2 Å². The summed E-state index contributed by atoms with van der Waals surface area (Å²) in [6.45, 7) is 1.22. The van der Waals surface area contributed by atoms with Gasteiger partial charge >= 0.3 is 0 Å². The van der Waals surface area contributed by atoms with Crippen LogP contribution in [0, 0.1) is 0 Å². The molecule has 0 radical (unpaired) electrons. The van der Waals surface area contributed by atoms with Crippen LogP contribution in [0.3, 0.4) is 0 Å². The lowest BCUT2D eigenvalue weighted by atomic mass is 9.98. The van der Waals surface area contributed by atoms with Crippen molar-refractivity contribution in [3.8, 4) is 0 Å². The second kappa shape index (κ2) is 8.16. The van der Waals surface area contributed by atoms with Crippen LogP contribution in [0.1, 0.15) is 47.0 Å². The standard InChI is InChI=1S/C22H22ClN3O3S2/c23-17-10-7-14(12-20(17)31(28,29)25-16-8-9-16)22(27)26-11-3-4-15(13-26)21-24-18-5-1-2-6-19(18)30-21/h1-2,5-7,10,12,15-16,25H,3-4,8-9,11,13H2/t15-/m1/s1. The highest BCUT2D eigenvalue weighted by Crippen LogP contribution is 2.34. The number of piperidine rings is 1. The molecule has 162 valence electrons. The van der Waals surface area contributed by atoms with E-state index < -0.39 is 10.0 Å². The summed E-state index contributed by atoms with van der Waals surface area (Å²) in [5.74, 6) is 0.00693. The molecule has 9 heteroatoms. The van der Waals surface area contributed by atoms with Crippen molar-refractivity contribution in [2.24, 2.45) is 0 Å². The van der Waals surface area contributed by atoms with Gasteiger partial charge in [0.1, 0.15) is 4.90 Å². The molecule has 31 heavy (non-hydrogen) atoms. The number of nitrogens with one attached hydrogen (secondary N) is 1. The minimum atomic E-state index is -3.74. The summed E-state index contributed by atoms with van der Waals surface area (Å²) in [7, 11) is -3.74. The number of para-hydroxylation sites is 1. The third kappa shape index (κ3) is 4.35. The number of nitrogens with zero attached hydrogens (tertiary/aromatic N) is 2. The number of carbonyl (C=O) groups is 1. The van der Waals surface area contributed by atoms with Crippen molar-refractivity contribution >= 4 is 49.1 Å². The van der Waals surface area contributed by atoms with Gasteiger partial charge in [0.05, 0.1) is 20.2 Å². The monoisotopic (exact) mass is 475 g/mol. The maximum atomic E-state index is 13.2. The van der Waals surface area contributed by atoms with E-state index in [2.05, 4.69) is 10.8 Å². The van der Waals surface area contributed by atoms with Gasteiger partial charge in [0.25, 0.3) is 5.91 Å². The highest BCUT2D eigenvalue weighted by Gasteiger charge is 2.31. The first-order valence-electron chi connectivity index (χ1n) is 10.4. The predicted molar refractivity (Wildman–Crippen MR) is 122 cm³/mol. The smallest absolute Gasteiger partial charge is 0.253 e. The molecule has 1 amide bonds. The molecule has 2 fully saturated rings. The van der Waals surface area contributed by atoms with E-state index in [0.717, 1.165) is 40.9 Å². The summed E-state index contributed by atoms with van der Waals surface area (Å²) in [5.41, 5.74) is 1.33. The zero-order valence-electron chi connectivity index (χ0n) is 16.8. The summed E-state index contributed by atoms with van der Waals surface area (Å²) in [5, 5.41) is 1.17. The Morgan fingerprint density at radius 3 is 2.74 bits per heavy atom. The van der Waals surface area contributed by atoms with Crippen LogP contribution in [-0.2, 0) is 10.0 Å². The summed E-state index contributed by atoms with van der Waals surface area (Å²) in [6.07, 6.45) is 3.52. The molecule has 2 heterocycles. The number of carbonyl (C=O) groups excluding carboxylic acids is 1. The molecule has 2 aromatic carbocycles. The molecule has 1 N–H and O–H groups in total. The minimum Gasteiger partial charge on any atom is -0.338 e. The first-order valence-corrected chi connectivity index (χ1v) is 13.0. The highest BCUT2D eigenvalue weighted by atomic mass is 35.5. The van der Waals surface area contributed by atoms with E-state index in [1.807, 2.05) is 18.2 Å². The molecule has 0 unspecified atom stereocenters. The SMILES string of the molecule is O=C(c1ccc(Cl)c(S(=O)(=O)NC2CC2)c1)N1CCC[C@@H](c2nc3ccccc3s2)C1. The zero-order chi connectivity index (χ0) is 21.6. The summed E-state index contributed by atoms with van der Waals surface area (Å²) >= 11 is 7.84. The maximum absolute atomic E-state index is 13.2. The number of fused-ring (bicyclic) bond motifs is 1. The second-order valence-electron chi connectivity index (χ2n) is 8.15. The number of benzene rings is 2. The molecule has 0 bridgehead atoms. The van der Waals surface area contributed by atoms with Gasteiger partial charge in [-0.15, -0.1) is 11.3 Å². The van der Waals surface area contributed by atoms with Gasteiger partial charge in [-0.25, -0.2) is 18.1 Å². The third-order valence-corrected chi connectivity index (χ3v) is 8.94. The fourth-order valence-electron chi connectivity index (χ4n) is 3.94. The predicted octanol–water partition coefficient (Wildman–Crippen LogP) is 4.41. The van der Waals surface area contributed by atoms with Gasteiger partial charge in [0.2, 0.25) is 10.0 Å². The average molecular weight is 476 g/mol. The molecule has 6 nitrogen and oxygen atoms in total. The molecule has 2 aliphatic rings. The van der Waals surface area contributed by atoms with Crippen LogP contribution < -0.4 is 4.72 Å². The molecule has 1 saturated carbocycles. The number of hydrogen-bond donors (Lipinski definition) is 1. The van der Waals surface area contributed by atoms with Crippen LogP contribution in [0.4, 0.5) is 0 Å². The van der Waals surface area contributed by atoms with Crippen LogP contribution >= 0.6 is 22.9 Å². The van der Waals surface area contributed by atoms with E-state index in [1.165, 1.54) is 12.1 Å². The van der Waals surface area contributed by atoms with Gasteiger partial charge in [0, 0.05) is 30.6 Å². The Kier molecular flexibility index (Phi) is 5.50. The van der Waals surface area contributed by atoms with Crippen molar-refractivity contribution in [2.75, 3.05) is 13.1 Å². The zero-order valence-corrected chi connectivity index (χ0v) is 19.1. The lowest BCUT2D eigenvalue weighted by Crippen LogP contribution is -2.39. The van der Waals surface area contributed by atoms with Gasteiger partial charge in [0.15, 0.2) is 0 Å². The molecule has 1 saturated heterocycles. The van der Waals surface area contributed by atoms with Gasteiger partial charge in [-0.3, -0.25) is 4.79 Å². The molecular formula is C22H22ClN3O3S2. The number of likely N-dealkylation sites (tertiary alicyclic amines) is 1. The number of hydrogen-bond acceptors (Lipinski definition) is 5. The second-order valence-corrected chi connectivity index (χ2v) is 11.3. The van der Waals surface area contributed by atoms with Crippen molar-refractivity contribution in [3.05, 3.63) is 58.1 Å². The molecular weight excluding hydrogens is 454 g/mol. The van der Waals surface area contributed by atoms with Gasteiger partial charge in [-0.2, -0.15) is 0 Å². The van der Waals surface area contributed by atoms with Crippen LogP contribution in [0.5, 0.6) is 0 Å². The van der Waals surface area contributed by atoms with Crippen molar-refractivity contribution in [3.63, 3.8) is 0 Å².